The van der Waals surface area contributed by atoms with Crippen LogP contribution in [0.25, 0.3) is 16.7 Å². The van der Waals surface area contributed by atoms with E-state index >= 15 is 0 Å². The number of nitrogens with zero attached hydrogens (tertiary/aromatic N) is 1. The lowest BCUT2D eigenvalue weighted by atomic mass is 9.93. The van der Waals surface area contributed by atoms with Crippen LogP contribution in [-0.4, -0.2) is 37.9 Å². The molecule has 0 N–H and O–H groups in total. The number of benzene rings is 2. The maximum atomic E-state index is 12.9. The molecule has 7 nitrogen and oxygen atoms in total. The van der Waals surface area contributed by atoms with Crippen molar-refractivity contribution in [3.05, 3.63) is 65.4 Å². The molecule has 1 saturated carbocycles. The lowest BCUT2D eigenvalue weighted by Gasteiger charge is -2.31. The molecule has 35 heavy (non-hydrogen) atoms. The van der Waals surface area contributed by atoms with Crippen molar-refractivity contribution in [2.45, 2.75) is 38.4 Å². The van der Waals surface area contributed by atoms with Crippen LogP contribution in [0.1, 0.15) is 49.5 Å². The van der Waals surface area contributed by atoms with Crippen LogP contribution in [0.4, 0.5) is 0 Å². The fraction of sp³-hybridized carbons (Fsp3) is 0.357. The van der Waals surface area contributed by atoms with Crippen LogP contribution < -0.4 is 14.2 Å². The van der Waals surface area contributed by atoms with Gasteiger partial charge in [-0.05, 0) is 56.5 Å². The molecule has 5 rings (SSSR count). The second kappa shape index (κ2) is 8.80. The lowest BCUT2D eigenvalue weighted by Crippen LogP contribution is -2.29. The van der Waals surface area contributed by atoms with E-state index in [0.717, 1.165) is 46.4 Å². The Morgan fingerprint density at radius 3 is 2.46 bits per heavy atom. The molecule has 182 valence electrons. The maximum absolute atomic E-state index is 12.9. The van der Waals surface area contributed by atoms with Crippen molar-refractivity contribution in [1.82, 2.24) is 4.98 Å². The van der Waals surface area contributed by atoms with E-state index in [2.05, 4.69) is 4.98 Å². The smallest absolute Gasteiger partial charge is 0.309 e. The molecule has 2 aliphatic rings. The third-order valence-corrected chi connectivity index (χ3v) is 6.35. The summed E-state index contributed by atoms with van der Waals surface area (Å²) in [5.74, 6) is 2.36. The molecule has 1 aliphatic carbocycles. The first-order valence-corrected chi connectivity index (χ1v) is 11.6. The first-order chi connectivity index (χ1) is 16.8. The van der Waals surface area contributed by atoms with E-state index in [-0.39, 0.29) is 11.9 Å². The van der Waals surface area contributed by atoms with Crippen LogP contribution in [0.15, 0.2) is 48.7 Å². The lowest BCUT2D eigenvalue weighted by molar-refractivity contribution is -0.149. The third-order valence-electron chi connectivity index (χ3n) is 6.35. The molecule has 0 saturated heterocycles. The number of ether oxygens (including phenoxy) is 5. The van der Waals surface area contributed by atoms with E-state index in [1.165, 1.54) is 0 Å². The van der Waals surface area contributed by atoms with Crippen LogP contribution in [0.5, 0.6) is 17.2 Å². The largest absolute Gasteiger partial charge is 0.496 e. The molecule has 1 fully saturated rings. The van der Waals surface area contributed by atoms with Crippen LogP contribution in [0.3, 0.4) is 0 Å². The second-order valence-corrected chi connectivity index (χ2v) is 9.39. The van der Waals surface area contributed by atoms with Gasteiger partial charge in [0.05, 0.1) is 38.3 Å². The molecule has 2 aromatic carbocycles. The van der Waals surface area contributed by atoms with Gasteiger partial charge >= 0.3 is 5.97 Å². The zero-order valence-corrected chi connectivity index (χ0v) is 20.6. The SMILES string of the molecule is COC1=CC(C)(C)Oc2ccc(C(OC(=O)C3CC3)c3ccnc4cc(OC)c(OC)cc34)cc21. The van der Waals surface area contributed by atoms with Gasteiger partial charge in [0.1, 0.15) is 17.1 Å². The van der Waals surface area contributed by atoms with Crippen molar-refractivity contribution in [1.29, 1.82) is 0 Å². The van der Waals surface area contributed by atoms with Gasteiger partial charge in [0.2, 0.25) is 0 Å². The first kappa shape index (κ1) is 23.0. The molecule has 2 heterocycles. The zero-order chi connectivity index (χ0) is 24.7. The highest BCUT2D eigenvalue weighted by Gasteiger charge is 2.35. The quantitative estimate of drug-likeness (QED) is 0.421. The fourth-order valence-corrected chi connectivity index (χ4v) is 4.43. The number of esters is 1. The Hall–Kier alpha value is -3.74. The minimum atomic E-state index is -0.648. The zero-order valence-electron chi connectivity index (χ0n) is 20.6. The Morgan fingerprint density at radius 2 is 1.77 bits per heavy atom. The number of hydrogen-bond acceptors (Lipinski definition) is 7. The molecule has 1 aromatic heterocycles. The van der Waals surface area contributed by atoms with Crippen LogP contribution in [0.2, 0.25) is 0 Å². The van der Waals surface area contributed by atoms with Crippen LogP contribution >= 0.6 is 0 Å². The van der Waals surface area contributed by atoms with E-state index in [9.17, 15) is 4.79 Å². The number of fused-ring (bicyclic) bond motifs is 2. The highest BCUT2D eigenvalue weighted by atomic mass is 16.5. The van der Waals surface area contributed by atoms with Gasteiger partial charge in [-0.25, -0.2) is 0 Å². The molecule has 0 amide bonds. The normalized spacial score (nSPS) is 17.0. The summed E-state index contributed by atoms with van der Waals surface area (Å²) in [7, 11) is 4.82. The minimum absolute atomic E-state index is 0.0450. The molecule has 0 radical (unpaired) electrons. The monoisotopic (exact) mass is 475 g/mol. The second-order valence-electron chi connectivity index (χ2n) is 9.39. The minimum Gasteiger partial charge on any atom is -0.496 e. The van der Waals surface area contributed by atoms with Crippen molar-refractivity contribution >= 4 is 22.6 Å². The summed E-state index contributed by atoms with van der Waals surface area (Å²) in [5.41, 5.74) is 2.66. The fourth-order valence-electron chi connectivity index (χ4n) is 4.43. The highest BCUT2D eigenvalue weighted by Crippen LogP contribution is 2.42. The summed E-state index contributed by atoms with van der Waals surface area (Å²) in [6.07, 6.45) is 4.73. The average Bonchev–Trinajstić information content (AvgIpc) is 3.70. The molecule has 0 bridgehead atoms. The Kier molecular flexibility index (Phi) is 5.79. The van der Waals surface area contributed by atoms with E-state index in [4.69, 9.17) is 23.7 Å². The molecule has 7 heteroatoms. The van der Waals surface area contributed by atoms with Crippen molar-refractivity contribution in [2.24, 2.45) is 5.92 Å². The summed E-state index contributed by atoms with van der Waals surface area (Å²) in [5, 5.41) is 0.816. The van der Waals surface area contributed by atoms with Gasteiger partial charge in [-0.15, -0.1) is 0 Å². The van der Waals surface area contributed by atoms with E-state index in [1.807, 2.05) is 56.3 Å². The Morgan fingerprint density at radius 1 is 1.03 bits per heavy atom. The highest BCUT2D eigenvalue weighted by molar-refractivity contribution is 5.87. The van der Waals surface area contributed by atoms with Crippen LogP contribution in [0, 0.1) is 5.92 Å². The van der Waals surface area contributed by atoms with Gasteiger partial charge in [0, 0.05) is 29.3 Å². The number of hydrogen-bond donors (Lipinski definition) is 0. The van der Waals surface area contributed by atoms with Gasteiger partial charge in [-0.3, -0.25) is 9.78 Å². The van der Waals surface area contributed by atoms with E-state index < -0.39 is 11.7 Å². The van der Waals surface area contributed by atoms with Gasteiger partial charge < -0.3 is 23.7 Å². The number of pyridine rings is 1. The standard InChI is InChI=1S/C28H29NO6/c1-28(2)15-25(33-5)20-12-17(8-9-22(20)35-28)26(34-27(30)16-6-7-16)18-10-11-29-21-14-24(32-4)23(31-3)13-19(18)21/h8-16,26H,6-7H2,1-5H3. The molecular weight excluding hydrogens is 446 g/mol. The number of rotatable bonds is 7. The van der Waals surface area contributed by atoms with Gasteiger partial charge in [0.15, 0.2) is 17.6 Å². The Balaban J connectivity index is 1.66. The van der Waals surface area contributed by atoms with Crippen molar-refractivity contribution < 1.29 is 28.5 Å². The molecule has 1 unspecified atom stereocenters. The summed E-state index contributed by atoms with van der Waals surface area (Å²) < 4.78 is 29.0. The summed E-state index contributed by atoms with van der Waals surface area (Å²) in [6.45, 7) is 3.96. The van der Waals surface area contributed by atoms with E-state index in [1.54, 1.807) is 27.5 Å². The number of methoxy groups -OCH3 is 3. The number of carbonyl (C=O) groups is 1. The third kappa shape index (κ3) is 4.38. The summed E-state index contributed by atoms with van der Waals surface area (Å²) >= 11 is 0. The molecule has 3 aromatic rings. The molecular formula is C28H29NO6. The van der Waals surface area contributed by atoms with Crippen LogP contribution in [-0.2, 0) is 14.3 Å². The molecule has 0 spiro atoms. The molecule has 1 atom stereocenters. The summed E-state index contributed by atoms with van der Waals surface area (Å²) in [6, 6.07) is 11.4. The van der Waals surface area contributed by atoms with Crippen molar-refractivity contribution in [3.63, 3.8) is 0 Å². The molecule has 1 aliphatic heterocycles. The van der Waals surface area contributed by atoms with Crippen molar-refractivity contribution in [3.8, 4) is 17.2 Å². The average molecular weight is 476 g/mol. The predicted molar refractivity (Wildman–Crippen MR) is 132 cm³/mol. The Labute approximate surface area is 204 Å². The first-order valence-electron chi connectivity index (χ1n) is 11.6. The van der Waals surface area contributed by atoms with Gasteiger partial charge in [-0.2, -0.15) is 0 Å². The Bertz CT molecular complexity index is 1320. The van der Waals surface area contributed by atoms with Crippen molar-refractivity contribution in [2.75, 3.05) is 21.3 Å². The predicted octanol–water partition coefficient (Wildman–Crippen LogP) is 5.45. The number of carbonyl (C=O) groups excluding carboxylic acids is 1. The summed E-state index contributed by atoms with van der Waals surface area (Å²) in [4.78, 5) is 17.4. The maximum Gasteiger partial charge on any atom is 0.309 e. The van der Waals surface area contributed by atoms with Gasteiger partial charge in [-0.1, -0.05) is 6.07 Å². The topological polar surface area (TPSA) is 76.1 Å². The van der Waals surface area contributed by atoms with Gasteiger partial charge in [0.25, 0.3) is 0 Å². The van der Waals surface area contributed by atoms with E-state index in [0.29, 0.717) is 17.0 Å². The number of aromatic nitrogens is 1.